The largest absolute Gasteiger partial charge is 0.357 e. The van der Waals surface area contributed by atoms with Crippen LogP contribution in [0.2, 0.25) is 0 Å². The van der Waals surface area contributed by atoms with Crippen molar-refractivity contribution < 1.29 is 8.42 Å². The first kappa shape index (κ1) is 24.6. The highest BCUT2D eigenvalue weighted by Gasteiger charge is 2.24. The standard InChI is InChI=1S/C17H31N5O2S2.HI/c1-3-18-17(19-9-10-21-26(23,24)4-2)20-14-15(16-8-7-13-25-16)22-11-5-6-12-22;/h7-8,13,15,21H,3-6,9-12,14H2,1-2H3,(H2,18,19,20);1H. The monoisotopic (exact) mass is 529 g/mol. The molecule has 0 amide bonds. The van der Waals surface area contributed by atoms with Crippen molar-refractivity contribution in [2.75, 3.05) is 45.0 Å². The number of hydrogen-bond acceptors (Lipinski definition) is 5. The molecule has 0 saturated carbocycles. The van der Waals surface area contributed by atoms with Gasteiger partial charge >= 0.3 is 0 Å². The fourth-order valence-corrected chi connectivity index (χ4v) is 4.40. The minimum Gasteiger partial charge on any atom is -0.357 e. The van der Waals surface area contributed by atoms with Gasteiger partial charge in [0.05, 0.1) is 18.3 Å². The van der Waals surface area contributed by atoms with E-state index in [9.17, 15) is 8.42 Å². The maximum absolute atomic E-state index is 11.5. The van der Waals surface area contributed by atoms with Gasteiger partial charge in [0.25, 0.3) is 0 Å². The Bertz CT molecular complexity index is 646. The molecule has 1 aromatic rings. The number of aliphatic imine (C=N–C) groups is 1. The molecule has 1 aromatic heterocycles. The van der Waals surface area contributed by atoms with Gasteiger partial charge in [-0.1, -0.05) is 6.07 Å². The fourth-order valence-electron chi connectivity index (χ4n) is 2.93. The molecule has 0 radical (unpaired) electrons. The summed E-state index contributed by atoms with van der Waals surface area (Å²) in [5.74, 6) is 0.823. The molecule has 1 aliphatic heterocycles. The Balaban J connectivity index is 0.00000364. The van der Waals surface area contributed by atoms with E-state index >= 15 is 0 Å². The molecule has 7 nitrogen and oxygen atoms in total. The SMILES string of the molecule is CCNC(=NCC(c1cccs1)N1CCCC1)NCCNS(=O)(=O)CC.I. The van der Waals surface area contributed by atoms with Gasteiger partial charge in [0.2, 0.25) is 10.0 Å². The Labute approximate surface area is 184 Å². The molecule has 1 saturated heterocycles. The van der Waals surface area contributed by atoms with Crippen LogP contribution in [0.1, 0.15) is 37.6 Å². The summed E-state index contributed by atoms with van der Waals surface area (Å²) in [4.78, 5) is 8.61. The molecule has 1 aliphatic rings. The predicted octanol–water partition coefficient (Wildman–Crippen LogP) is 2.00. The quantitative estimate of drug-likeness (QED) is 0.187. The van der Waals surface area contributed by atoms with Crippen LogP contribution in [0.25, 0.3) is 0 Å². The first-order valence-electron chi connectivity index (χ1n) is 9.32. The second-order valence-corrected chi connectivity index (χ2v) is 9.29. The lowest BCUT2D eigenvalue weighted by Crippen LogP contribution is -2.42. The Morgan fingerprint density at radius 3 is 2.59 bits per heavy atom. The van der Waals surface area contributed by atoms with Gasteiger partial charge in [-0.05, 0) is 51.2 Å². The molecule has 1 atom stereocenters. The smallest absolute Gasteiger partial charge is 0.211 e. The van der Waals surface area contributed by atoms with Crippen LogP contribution in [0.15, 0.2) is 22.5 Å². The van der Waals surface area contributed by atoms with Gasteiger partial charge < -0.3 is 10.6 Å². The minimum atomic E-state index is -3.15. The maximum atomic E-state index is 11.5. The van der Waals surface area contributed by atoms with E-state index in [-0.39, 0.29) is 29.7 Å². The van der Waals surface area contributed by atoms with Crippen molar-refractivity contribution in [2.24, 2.45) is 4.99 Å². The molecule has 1 fully saturated rings. The molecule has 0 spiro atoms. The van der Waals surface area contributed by atoms with Crippen LogP contribution in [-0.4, -0.2) is 64.3 Å². The molecule has 0 aromatic carbocycles. The number of halogens is 1. The Morgan fingerprint density at radius 2 is 2.00 bits per heavy atom. The van der Waals surface area contributed by atoms with Crippen LogP contribution in [-0.2, 0) is 10.0 Å². The van der Waals surface area contributed by atoms with Crippen molar-refractivity contribution in [1.82, 2.24) is 20.3 Å². The van der Waals surface area contributed by atoms with Gasteiger partial charge in [0.1, 0.15) is 0 Å². The average molecular weight is 530 g/mol. The average Bonchev–Trinajstić information content (AvgIpc) is 3.33. The maximum Gasteiger partial charge on any atom is 0.211 e. The fraction of sp³-hybridized carbons (Fsp3) is 0.706. The molecule has 156 valence electrons. The van der Waals surface area contributed by atoms with Crippen LogP contribution in [0.3, 0.4) is 0 Å². The first-order valence-corrected chi connectivity index (χ1v) is 11.9. The van der Waals surface area contributed by atoms with Crippen molar-refractivity contribution in [2.45, 2.75) is 32.7 Å². The van der Waals surface area contributed by atoms with Crippen molar-refractivity contribution >= 4 is 51.3 Å². The van der Waals surface area contributed by atoms with Gasteiger partial charge in [-0.2, -0.15) is 0 Å². The molecule has 0 aliphatic carbocycles. The highest BCUT2D eigenvalue weighted by atomic mass is 127. The van der Waals surface area contributed by atoms with Crippen molar-refractivity contribution in [3.05, 3.63) is 22.4 Å². The number of nitrogens with one attached hydrogen (secondary N) is 3. The van der Waals surface area contributed by atoms with Gasteiger partial charge in [0.15, 0.2) is 5.96 Å². The third-order valence-electron chi connectivity index (χ3n) is 4.34. The second-order valence-electron chi connectivity index (χ2n) is 6.22. The van der Waals surface area contributed by atoms with Crippen LogP contribution in [0.5, 0.6) is 0 Å². The second kappa shape index (κ2) is 12.9. The molecule has 27 heavy (non-hydrogen) atoms. The summed E-state index contributed by atoms with van der Waals surface area (Å²) in [6.07, 6.45) is 2.50. The third-order valence-corrected chi connectivity index (χ3v) is 6.72. The molecule has 2 heterocycles. The number of thiophene rings is 1. The summed E-state index contributed by atoms with van der Waals surface area (Å²) in [6.45, 7) is 8.20. The van der Waals surface area contributed by atoms with E-state index in [1.54, 1.807) is 18.3 Å². The number of rotatable bonds is 10. The van der Waals surface area contributed by atoms with E-state index in [0.29, 0.717) is 25.7 Å². The molecule has 3 N–H and O–H groups in total. The number of guanidine groups is 1. The third kappa shape index (κ3) is 8.63. The summed E-state index contributed by atoms with van der Waals surface area (Å²) in [5, 5.41) is 8.55. The van der Waals surface area contributed by atoms with Crippen LogP contribution in [0, 0.1) is 0 Å². The molecule has 0 bridgehead atoms. The zero-order valence-electron chi connectivity index (χ0n) is 16.1. The molecular weight excluding hydrogens is 497 g/mol. The Hall–Kier alpha value is -0.430. The number of nitrogens with zero attached hydrogens (tertiary/aromatic N) is 2. The topological polar surface area (TPSA) is 85.8 Å². The summed E-state index contributed by atoms with van der Waals surface area (Å²) >= 11 is 1.78. The summed E-state index contributed by atoms with van der Waals surface area (Å²) < 4.78 is 25.5. The highest BCUT2D eigenvalue weighted by Crippen LogP contribution is 2.28. The zero-order chi connectivity index (χ0) is 18.8. The summed E-state index contributed by atoms with van der Waals surface area (Å²) in [6, 6.07) is 4.59. The van der Waals surface area contributed by atoms with E-state index in [0.717, 1.165) is 25.6 Å². The van der Waals surface area contributed by atoms with E-state index in [2.05, 4.69) is 37.8 Å². The Morgan fingerprint density at radius 1 is 1.26 bits per heavy atom. The number of sulfonamides is 1. The van der Waals surface area contributed by atoms with Crippen LogP contribution < -0.4 is 15.4 Å². The van der Waals surface area contributed by atoms with Crippen molar-refractivity contribution in [3.63, 3.8) is 0 Å². The van der Waals surface area contributed by atoms with E-state index in [1.165, 1.54) is 17.7 Å². The Kier molecular flexibility index (Phi) is 11.8. The minimum absolute atomic E-state index is 0. The summed E-state index contributed by atoms with van der Waals surface area (Å²) in [5.41, 5.74) is 0. The van der Waals surface area contributed by atoms with E-state index in [4.69, 9.17) is 4.99 Å². The molecular formula is C17H32IN5O2S2. The lowest BCUT2D eigenvalue weighted by atomic mass is 10.2. The van der Waals surface area contributed by atoms with Gasteiger partial charge in [-0.25, -0.2) is 13.1 Å². The van der Waals surface area contributed by atoms with Crippen molar-refractivity contribution in [3.8, 4) is 0 Å². The zero-order valence-corrected chi connectivity index (χ0v) is 20.1. The number of likely N-dealkylation sites (tertiary alicyclic amines) is 1. The van der Waals surface area contributed by atoms with Crippen LogP contribution >= 0.6 is 35.3 Å². The van der Waals surface area contributed by atoms with E-state index in [1.807, 2.05) is 6.92 Å². The molecule has 2 rings (SSSR count). The van der Waals surface area contributed by atoms with Gasteiger partial charge in [-0.15, -0.1) is 35.3 Å². The van der Waals surface area contributed by atoms with Crippen LogP contribution in [0.4, 0.5) is 0 Å². The molecule has 1 unspecified atom stereocenters. The van der Waals surface area contributed by atoms with Gasteiger partial charge in [-0.3, -0.25) is 9.89 Å². The highest BCUT2D eigenvalue weighted by molar-refractivity contribution is 14.0. The predicted molar refractivity (Wildman–Crippen MR) is 125 cm³/mol. The molecule has 10 heteroatoms. The van der Waals surface area contributed by atoms with E-state index < -0.39 is 10.0 Å². The lowest BCUT2D eigenvalue weighted by Gasteiger charge is -2.25. The number of hydrogen-bond donors (Lipinski definition) is 3. The van der Waals surface area contributed by atoms with Gasteiger partial charge in [0, 0.05) is 24.5 Å². The van der Waals surface area contributed by atoms with Crippen molar-refractivity contribution in [1.29, 1.82) is 0 Å². The summed E-state index contributed by atoms with van der Waals surface area (Å²) in [7, 11) is -3.15. The first-order chi connectivity index (χ1) is 12.6. The lowest BCUT2D eigenvalue weighted by molar-refractivity contribution is 0.255. The normalized spacial score (nSPS) is 16.7.